The van der Waals surface area contributed by atoms with Gasteiger partial charge in [-0.2, -0.15) is 0 Å². The van der Waals surface area contributed by atoms with Crippen LogP contribution in [0.25, 0.3) is 0 Å². The van der Waals surface area contributed by atoms with E-state index in [0.717, 1.165) is 24.7 Å². The summed E-state index contributed by atoms with van der Waals surface area (Å²) in [6, 6.07) is 14.0. The standard InChI is InChI=1S/C19H26N4O4S/c1-4-22(5-2)19(15-9-7-6-8-10-15)14-21-17-12-11-16(28(26,27)20-3)13-18(17)23(24)25/h6-13,19-21H,4-5,14H2,1-3H3/p+1/t19-/m1/s1. The lowest BCUT2D eigenvalue weighted by Gasteiger charge is -2.27. The number of hydrogen-bond acceptors (Lipinski definition) is 5. The Morgan fingerprint density at radius 2 is 1.75 bits per heavy atom. The average molecular weight is 408 g/mol. The van der Waals surface area contributed by atoms with Gasteiger partial charge in [0, 0.05) is 11.6 Å². The summed E-state index contributed by atoms with van der Waals surface area (Å²) in [5.74, 6) is 0. The molecule has 0 unspecified atom stereocenters. The summed E-state index contributed by atoms with van der Waals surface area (Å²) in [5.41, 5.74) is 1.18. The highest BCUT2D eigenvalue weighted by Crippen LogP contribution is 2.28. The van der Waals surface area contributed by atoms with Crippen LogP contribution in [0.4, 0.5) is 11.4 Å². The van der Waals surface area contributed by atoms with Crippen LogP contribution in [0.15, 0.2) is 53.4 Å². The molecule has 8 nitrogen and oxygen atoms in total. The highest BCUT2D eigenvalue weighted by atomic mass is 32.2. The number of quaternary nitrogens is 1. The third kappa shape index (κ3) is 5.06. The van der Waals surface area contributed by atoms with Crippen molar-refractivity contribution in [2.45, 2.75) is 24.8 Å². The van der Waals surface area contributed by atoms with Gasteiger partial charge in [0.15, 0.2) is 0 Å². The number of rotatable bonds is 10. The fraction of sp³-hybridized carbons (Fsp3) is 0.368. The molecule has 2 aromatic rings. The van der Waals surface area contributed by atoms with Crippen molar-refractivity contribution < 1.29 is 18.2 Å². The zero-order valence-electron chi connectivity index (χ0n) is 16.3. The fourth-order valence-electron chi connectivity index (χ4n) is 3.24. The van der Waals surface area contributed by atoms with Gasteiger partial charge in [0.05, 0.1) is 29.5 Å². The summed E-state index contributed by atoms with van der Waals surface area (Å²) in [6.45, 7) is 6.53. The van der Waals surface area contributed by atoms with Crippen molar-refractivity contribution in [3.05, 3.63) is 64.2 Å². The van der Waals surface area contributed by atoms with Crippen molar-refractivity contribution in [3.63, 3.8) is 0 Å². The quantitative estimate of drug-likeness (QED) is 0.410. The van der Waals surface area contributed by atoms with Gasteiger partial charge in [0.25, 0.3) is 5.69 Å². The van der Waals surface area contributed by atoms with Crippen molar-refractivity contribution >= 4 is 21.4 Å². The van der Waals surface area contributed by atoms with Gasteiger partial charge in [-0.1, -0.05) is 30.3 Å². The minimum Gasteiger partial charge on any atom is -0.373 e. The maximum Gasteiger partial charge on any atom is 0.293 e. The average Bonchev–Trinajstić information content (AvgIpc) is 2.71. The SMILES string of the molecule is CC[NH+](CC)[C@H](CNc1ccc(S(=O)(=O)NC)cc1[N+](=O)[O-])c1ccccc1. The lowest BCUT2D eigenvalue weighted by molar-refractivity contribution is -0.926. The van der Waals surface area contributed by atoms with Gasteiger partial charge in [-0.25, -0.2) is 13.1 Å². The molecule has 152 valence electrons. The predicted molar refractivity (Wildman–Crippen MR) is 109 cm³/mol. The highest BCUT2D eigenvalue weighted by Gasteiger charge is 2.24. The fourth-order valence-corrected chi connectivity index (χ4v) is 3.98. The van der Waals surface area contributed by atoms with E-state index in [4.69, 9.17) is 0 Å². The Bertz CT molecular complexity index is 899. The topological polar surface area (TPSA) is 106 Å². The molecule has 0 aliphatic heterocycles. The van der Waals surface area contributed by atoms with E-state index in [9.17, 15) is 18.5 Å². The molecule has 0 fully saturated rings. The molecular formula is C19H27N4O4S+. The van der Waals surface area contributed by atoms with E-state index in [1.165, 1.54) is 24.1 Å². The first-order valence-electron chi connectivity index (χ1n) is 9.19. The summed E-state index contributed by atoms with van der Waals surface area (Å²) < 4.78 is 26.1. The van der Waals surface area contributed by atoms with Crippen LogP contribution in [0, 0.1) is 10.1 Å². The molecule has 0 bridgehead atoms. The maximum absolute atomic E-state index is 11.9. The molecule has 0 amide bonds. The van der Waals surface area contributed by atoms with Crippen LogP contribution >= 0.6 is 0 Å². The number of nitrogens with zero attached hydrogens (tertiary/aromatic N) is 1. The van der Waals surface area contributed by atoms with Crippen LogP contribution in [0.1, 0.15) is 25.5 Å². The first kappa shape index (κ1) is 21.8. The number of sulfonamides is 1. The minimum absolute atomic E-state index is 0.108. The van der Waals surface area contributed by atoms with Gasteiger partial charge < -0.3 is 10.2 Å². The second-order valence-corrected chi connectivity index (χ2v) is 8.24. The zero-order valence-corrected chi connectivity index (χ0v) is 17.1. The van der Waals surface area contributed by atoms with E-state index in [1.807, 2.05) is 18.2 Å². The maximum atomic E-state index is 11.9. The van der Waals surface area contributed by atoms with E-state index in [2.05, 4.69) is 36.0 Å². The van der Waals surface area contributed by atoms with Crippen molar-refractivity contribution in [1.29, 1.82) is 0 Å². The van der Waals surface area contributed by atoms with Crippen LogP contribution < -0.4 is 14.9 Å². The Morgan fingerprint density at radius 1 is 1.11 bits per heavy atom. The molecule has 2 aromatic carbocycles. The molecule has 0 aliphatic rings. The largest absolute Gasteiger partial charge is 0.373 e. The Morgan fingerprint density at radius 3 is 2.29 bits per heavy atom. The Labute approximate surface area is 165 Å². The van der Waals surface area contributed by atoms with Crippen molar-refractivity contribution in [2.75, 3.05) is 32.0 Å². The Kier molecular flexibility index (Phi) is 7.50. The van der Waals surface area contributed by atoms with Gasteiger partial charge in [-0.15, -0.1) is 0 Å². The van der Waals surface area contributed by atoms with E-state index < -0.39 is 14.9 Å². The van der Waals surface area contributed by atoms with Crippen LogP contribution in [-0.4, -0.2) is 40.0 Å². The van der Waals surface area contributed by atoms with Crippen LogP contribution in [0.2, 0.25) is 0 Å². The van der Waals surface area contributed by atoms with Crippen LogP contribution in [-0.2, 0) is 10.0 Å². The van der Waals surface area contributed by atoms with Crippen molar-refractivity contribution in [1.82, 2.24) is 4.72 Å². The molecule has 1 atom stereocenters. The number of anilines is 1. The molecule has 0 radical (unpaired) electrons. The number of likely N-dealkylation sites (N-methyl/N-ethyl adjacent to an activating group) is 1. The monoisotopic (exact) mass is 407 g/mol. The molecule has 0 saturated carbocycles. The Balaban J connectivity index is 2.33. The third-order valence-corrected chi connectivity index (χ3v) is 6.26. The van der Waals surface area contributed by atoms with E-state index in [1.54, 1.807) is 0 Å². The smallest absolute Gasteiger partial charge is 0.293 e. The second kappa shape index (κ2) is 9.63. The Hall–Kier alpha value is -2.49. The molecule has 0 aromatic heterocycles. The molecule has 2 rings (SSSR count). The van der Waals surface area contributed by atoms with Gasteiger partial charge in [-0.3, -0.25) is 10.1 Å². The molecule has 0 heterocycles. The lowest BCUT2D eigenvalue weighted by Crippen LogP contribution is -3.12. The summed E-state index contributed by atoms with van der Waals surface area (Å²) >= 11 is 0. The minimum atomic E-state index is -3.75. The molecule has 3 N–H and O–H groups in total. The van der Waals surface area contributed by atoms with E-state index in [0.29, 0.717) is 12.2 Å². The van der Waals surface area contributed by atoms with Gasteiger partial charge in [-0.05, 0) is 33.0 Å². The zero-order chi connectivity index (χ0) is 20.7. The lowest BCUT2D eigenvalue weighted by atomic mass is 10.0. The number of hydrogen-bond donors (Lipinski definition) is 3. The normalized spacial score (nSPS) is 12.7. The van der Waals surface area contributed by atoms with Gasteiger partial charge >= 0.3 is 0 Å². The highest BCUT2D eigenvalue weighted by molar-refractivity contribution is 7.89. The predicted octanol–water partition coefficient (Wildman–Crippen LogP) is 1.58. The molecular weight excluding hydrogens is 380 g/mol. The van der Waals surface area contributed by atoms with Gasteiger partial charge in [0.2, 0.25) is 10.0 Å². The number of nitro groups is 1. The molecule has 0 saturated heterocycles. The summed E-state index contributed by atoms with van der Waals surface area (Å²) in [7, 11) is -2.48. The van der Waals surface area contributed by atoms with E-state index >= 15 is 0 Å². The molecule has 28 heavy (non-hydrogen) atoms. The van der Waals surface area contributed by atoms with Crippen molar-refractivity contribution in [2.24, 2.45) is 0 Å². The molecule has 9 heteroatoms. The van der Waals surface area contributed by atoms with Crippen LogP contribution in [0.5, 0.6) is 0 Å². The number of benzene rings is 2. The second-order valence-electron chi connectivity index (χ2n) is 6.35. The summed E-state index contributed by atoms with van der Waals surface area (Å²) in [5, 5.41) is 14.7. The third-order valence-electron chi connectivity index (χ3n) is 4.84. The van der Waals surface area contributed by atoms with Crippen molar-refractivity contribution in [3.8, 4) is 0 Å². The summed E-state index contributed by atoms with van der Waals surface area (Å²) in [4.78, 5) is 12.1. The van der Waals surface area contributed by atoms with Crippen LogP contribution in [0.3, 0.4) is 0 Å². The first-order valence-corrected chi connectivity index (χ1v) is 10.7. The molecule has 0 spiro atoms. The first-order chi connectivity index (χ1) is 13.3. The van der Waals surface area contributed by atoms with Gasteiger partial charge in [0.1, 0.15) is 11.7 Å². The number of nitrogens with one attached hydrogen (secondary N) is 3. The van der Waals surface area contributed by atoms with E-state index in [-0.39, 0.29) is 16.6 Å². The molecule has 0 aliphatic carbocycles. The summed E-state index contributed by atoms with van der Waals surface area (Å²) in [6.07, 6.45) is 0. The number of nitro benzene ring substituents is 1.